The number of nitrogens with one attached hydrogen (secondary N) is 1. The first-order valence-electron chi connectivity index (χ1n) is 8.04. The molecule has 1 amide bonds. The molecule has 0 aromatic carbocycles. The van der Waals surface area contributed by atoms with E-state index in [4.69, 9.17) is 10.5 Å². The SMILES string of the molecule is Nc1c(C(=O)NC(CC(=O)[O-])C(=O)[O-])ncn1C1OC(COP(=O)([O-])[O-])C(O)C1O.[Ba+2].[Ba+2]. The summed E-state index contributed by atoms with van der Waals surface area (Å²) in [5.41, 5.74) is 5.16. The van der Waals surface area contributed by atoms with Gasteiger partial charge in [-0.15, -0.1) is 0 Å². The van der Waals surface area contributed by atoms with Crippen molar-refractivity contribution >= 4 is 129 Å². The molecule has 16 nitrogen and oxygen atoms in total. The topological polar surface area (TPSA) is 275 Å². The first kappa shape index (κ1) is 32.6. The number of carbonyl (C=O) groups is 3. The number of carbonyl (C=O) groups excluding carboxylic acids is 3. The molecule has 0 saturated carbocycles. The van der Waals surface area contributed by atoms with Gasteiger partial charge in [0.05, 0.1) is 32.8 Å². The zero-order chi connectivity index (χ0) is 22.8. The molecule has 32 heavy (non-hydrogen) atoms. The van der Waals surface area contributed by atoms with E-state index >= 15 is 0 Å². The molecular weight excluding hydrogens is 710 g/mol. The molecule has 2 rings (SSSR count). The Labute approximate surface area is 260 Å². The first-order valence-corrected chi connectivity index (χ1v) is 9.50. The van der Waals surface area contributed by atoms with Crippen LogP contribution in [0.2, 0.25) is 0 Å². The number of imidazole rings is 1. The third-order valence-corrected chi connectivity index (χ3v) is 4.48. The van der Waals surface area contributed by atoms with Crippen molar-refractivity contribution in [1.82, 2.24) is 14.9 Å². The quantitative estimate of drug-likeness (QED) is 0.136. The van der Waals surface area contributed by atoms with Crippen molar-refractivity contribution in [3.05, 3.63) is 12.0 Å². The van der Waals surface area contributed by atoms with E-state index in [1.54, 1.807) is 0 Å². The van der Waals surface area contributed by atoms with Gasteiger partial charge in [0.25, 0.3) is 5.91 Å². The normalized spacial score (nSPS) is 23.5. The van der Waals surface area contributed by atoms with Gasteiger partial charge in [-0.2, -0.15) is 0 Å². The standard InChI is InChI=1S/C13H19N4O12P.2Ba/c14-10-7(11(22)16-4(13(23)24)1-6(18)19)15-3-17(10)12-9(21)8(20)5(29-12)2-28-30(25,26)27;;/h3-5,8-9,12,20-21H,1-2,14H2,(H,16,22)(H,18,19)(H,23,24)(H2,25,26,27);;/q;2*+2/p-4. The zero-order valence-corrected chi connectivity index (χ0v) is 26.0. The Morgan fingerprint density at radius 2 is 1.88 bits per heavy atom. The molecule has 19 heteroatoms. The Morgan fingerprint density at radius 1 is 1.28 bits per heavy atom. The summed E-state index contributed by atoms with van der Waals surface area (Å²) in [7, 11) is -5.38. The van der Waals surface area contributed by atoms with E-state index in [-0.39, 0.29) is 97.8 Å². The number of aliphatic hydroxyl groups excluding tert-OH is 2. The summed E-state index contributed by atoms with van der Waals surface area (Å²) in [6, 6.07) is -1.95. The Bertz CT molecular complexity index is 879. The summed E-state index contributed by atoms with van der Waals surface area (Å²) in [5, 5.41) is 43.3. The fourth-order valence-electron chi connectivity index (χ4n) is 2.60. The minimum absolute atomic E-state index is 0. The number of phosphoric ester groups is 1. The average Bonchev–Trinajstić information content (AvgIpc) is 3.12. The summed E-state index contributed by atoms with van der Waals surface area (Å²) in [5.74, 6) is -5.35. The molecule has 1 aliphatic rings. The molecule has 5 unspecified atom stereocenters. The fourth-order valence-corrected chi connectivity index (χ4v) is 2.93. The number of ether oxygens (including phenoxy) is 1. The molecule has 1 saturated heterocycles. The van der Waals surface area contributed by atoms with Gasteiger partial charge in [0.2, 0.25) is 0 Å². The summed E-state index contributed by atoms with van der Waals surface area (Å²) in [6.07, 6.45) is -6.56. The molecule has 2 heterocycles. The smallest absolute Gasteiger partial charge is 0.790 e. The van der Waals surface area contributed by atoms with Crippen LogP contribution in [0.1, 0.15) is 23.1 Å². The number of aliphatic carboxylic acids is 2. The van der Waals surface area contributed by atoms with Crippen LogP contribution >= 0.6 is 7.82 Å². The average molecular weight is 725 g/mol. The van der Waals surface area contributed by atoms with Gasteiger partial charge in [0.15, 0.2) is 11.9 Å². The zero-order valence-electron chi connectivity index (χ0n) is 16.2. The number of amides is 1. The van der Waals surface area contributed by atoms with E-state index in [1.807, 2.05) is 5.32 Å². The van der Waals surface area contributed by atoms with Crippen molar-refractivity contribution in [2.75, 3.05) is 12.3 Å². The minimum Gasteiger partial charge on any atom is -0.790 e. The number of anilines is 1. The predicted octanol–water partition coefficient (Wildman–Crippen LogP) is -7.84. The second-order valence-electron chi connectivity index (χ2n) is 6.10. The molecule has 0 spiro atoms. The third kappa shape index (κ3) is 8.65. The van der Waals surface area contributed by atoms with Gasteiger partial charge in [-0.25, -0.2) is 4.98 Å². The van der Waals surface area contributed by atoms with Crippen molar-refractivity contribution in [2.24, 2.45) is 0 Å². The maximum absolute atomic E-state index is 12.2. The molecule has 0 aliphatic carbocycles. The molecule has 1 aromatic heterocycles. The maximum Gasteiger partial charge on any atom is 2.00 e. The third-order valence-electron chi connectivity index (χ3n) is 4.02. The van der Waals surface area contributed by atoms with Crippen LogP contribution in [0.4, 0.5) is 5.82 Å². The molecule has 1 aliphatic heterocycles. The predicted molar refractivity (Wildman–Crippen MR) is 93.5 cm³/mol. The number of hydrogen-bond acceptors (Lipinski definition) is 14. The van der Waals surface area contributed by atoms with Gasteiger partial charge in [0, 0.05) is 12.4 Å². The number of aliphatic hydroxyl groups is 2. The Morgan fingerprint density at radius 3 is 2.38 bits per heavy atom. The molecule has 5 N–H and O–H groups in total. The van der Waals surface area contributed by atoms with Gasteiger partial charge >= 0.3 is 97.8 Å². The van der Waals surface area contributed by atoms with Crippen molar-refractivity contribution < 1.29 is 58.4 Å². The van der Waals surface area contributed by atoms with E-state index in [1.165, 1.54) is 0 Å². The first-order chi connectivity index (χ1) is 13.8. The van der Waals surface area contributed by atoms with Gasteiger partial charge in [-0.1, -0.05) is 0 Å². The van der Waals surface area contributed by atoms with Gasteiger partial charge in [-0.3, -0.25) is 9.36 Å². The number of nitrogen functional groups attached to an aromatic ring is 1. The summed E-state index contributed by atoms with van der Waals surface area (Å²) < 4.78 is 20.6. The van der Waals surface area contributed by atoms with Gasteiger partial charge < -0.3 is 64.7 Å². The number of phosphoric acid groups is 1. The van der Waals surface area contributed by atoms with Crippen LogP contribution in [-0.4, -0.2) is 166 Å². The molecular formula is C13H15Ba2N4O12P. The van der Waals surface area contributed by atoms with Gasteiger partial charge in [0.1, 0.15) is 24.1 Å². The number of carboxylic acid groups (broad SMARTS) is 2. The van der Waals surface area contributed by atoms with Crippen molar-refractivity contribution in [3.63, 3.8) is 0 Å². The Kier molecular flexibility index (Phi) is 13.8. The maximum atomic E-state index is 12.2. The number of nitrogens with zero attached hydrogens (tertiary/aromatic N) is 2. The Hall–Kier alpha value is 0.553. The number of nitrogens with two attached hydrogens (primary N) is 1. The molecule has 0 bridgehead atoms. The Balaban J connectivity index is 0.00000480. The monoisotopic (exact) mass is 726 g/mol. The number of hydrogen-bond donors (Lipinski definition) is 4. The van der Waals surface area contributed by atoms with Crippen LogP contribution in [0, 0.1) is 0 Å². The number of rotatable bonds is 9. The second kappa shape index (κ2) is 13.6. The molecule has 5 atom stereocenters. The molecule has 1 aromatic rings. The fraction of sp³-hybridized carbons (Fsp3) is 0.538. The minimum atomic E-state index is -5.38. The van der Waals surface area contributed by atoms with E-state index in [0.717, 1.165) is 10.9 Å². The largest absolute Gasteiger partial charge is 2.00 e. The van der Waals surface area contributed by atoms with E-state index in [2.05, 4.69) is 9.51 Å². The van der Waals surface area contributed by atoms with Crippen LogP contribution < -0.4 is 31.1 Å². The van der Waals surface area contributed by atoms with Crippen molar-refractivity contribution in [3.8, 4) is 0 Å². The van der Waals surface area contributed by atoms with E-state index in [0.29, 0.717) is 0 Å². The summed E-state index contributed by atoms with van der Waals surface area (Å²) >= 11 is 0. The van der Waals surface area contributed by atoms with Crippen molar-refractivity contribution in [2.45, 2.75) is 37.0 Å². The van der Waals surface area contributed by atoms with Crippen LogP contribution in [0.5, 0.6) is 0 Å². The van der Waals surface area contributed by atoms with Crippen molar-refractivity contribution in [1.29, 1.82) is 0 Å². The van der Waals surface area contributed by atoms with Crippen LogP contribution in [0.3, 0.4) is 0 Å². The van der Waals surface area contributed by atoms with Gasteiger partial charge in [-0.05, 0) is 0 Å². The number of carboxylic acids is 2. The molecule has 0 radical (unpaired) electrons. The van der Waals surface area contributed by atoms with Crippen LogP contribution in [0.15, 0.2) is 6.33 Å². The summed E-state index contributed by atoms with van der Waals surface area (Å²) in [4.78, 5) is 58.4. The second-order valence-corrected chi connectivity index (χ2v) is 7.25. The van der Waals surface area contributed by atoms with E-state index in [9.17, 15) is 49.2 Å². The van der Waals surface area contributed by atoms with Crippen LogP contribution in [-0.2, 0) is 23.4 Å². The molecule has 1 fully saturated rings. The van der Waals surface area contributed by atoms with E-state index < -0.39 is 80.8 Å². The van der Waals surface area contributed by atoms with Crippen LogP contribution in [0.25, 0.3) is 0 Å². The number of aromatic nitrogens is 2. The summed E-state index contributed by atoms with van der Waals surface area (Å²) in [6.45, 7) is -0.905. The molecule has 168 valence electrons.